The fourth-order valence-electron chi connectivity index (χ4n) is 2.56. The third kappa shape index (κ3) is 4.26. The van der Waals surface area contributed by atoms with Crippen molar-refractivity contribution in [1.82, 2.24) is 9.03 Å². The van der Waals surface area contributed by atoms with E-state index in [0.717, 1.165) is 17.7 Å². The normalized spacial score (nSPS) is 20.0. The third-order valence-corrected chi connectivity index (χ3v) is 6.52. The monoisotopic (exact) mass is 332 g/mol. The van der Waals surface area contributed by atoms with Gasteiger partial charge in [-0.2, -0.15) is 17.4 Å². The van der Waals surface area contributed by atoms with Crippen LogP contribution in [0.15, 0.2) is 17.5 Å². The highest BCUT2D eigenvalue weighted by Gasteiger charge is 2.31. The molecule has 21 heavy (non-hydrogen) atoms. The summed E-state index contributed by atoms with van der Waals surface area (Å²) in [5.74, 6) is 0.419. The van der Waals surface area contributed by atoms with E-state index in [4.69, 9.17) is 5.11 Å². The second-order valence-corrected chi connectivity index (χ2v) is 8.57. The zero-order valence-electron chi connectivity index (χ0n) is 12.5. The number of aliphatic hydroxyl groups is 1. The number of nitrogens with zero attached hydrogens (tertiary/aromatic N) is 1. The van der Waals surface area contributed by atoms with Crippen LogP contribution in [0.2, 0.25) is 0 Å². The smallest absolute Gasteiger partial charge is 0.280 e. The van der Waals surface area contributed by atoms with Crippen LogP contribution in [0.3, 0.4) is 0 Å². The molecule has 7 heteroatoms. The second-order valence-electron chi connectivity index (χ2n) is 5.88. The van der Waals surface area contributed by atoms with Crippen molar-refractivity contribution in [2.45, 2.75) is 32.7 Å². The summed E-state index contributed by atoms with van der Waals surface area (Å²) >= 11 is 1.57. The molecule has 1 fully saturated rings. The Morgan fingerprint density at radius 2 is 2.10 bits per heavy atom. The summed E-state index contributed by atoms with van der Waals surface area (Å²) in [6.07, 6.45) is 1.45. The molecule has 2 heterocycles. The minimum absolute atomic E-state index is 0.144. The highest BCUT2D eigenvalue weighted by Crippen LogP contribution is 2.28. The lowest BCUT2D eigenvalue weighted by atomic mass is 10.00. The molecule has 0 aliphatic carbocycles. The highest BCUT2D eigenvalue weighted by atomic mass is 32.2. The van der Waals surface area contributed by atoms with E-state index in [0.29, 0.717) is 13.1 Å². The van der Waals surface area contributed by atoms with E-state index in [1.807, 2.05) is 31.4 Å². The second kappa shape index (κ2) is 7.19. The van der Waals surface area contributed by atoms with Crippen molar-refractivity contribution in [3.05, 3.63) is 22.4 Å². The van der Waals surface area contributed by atoms with E-state index in [-0.39, 0.29) is 24.5 Å². The number of nitrogens with one attached hydrogen (secondary N) is 1. The maximum Gasteiger partial charge on any atom is 0.280 e. The Labute approximate surface area is 131 Å². The number of piperidine rings is 1. The summed E-state index contributed by atoms with van der Waals surface area (Å²) in [7, 11) is -3.48. The van der Waals surface area contributed by atoms with Gasteiger partial charge in [0.15, 0.2) is 0 Å². The molecule has 0 saturated carbocycles. The molecule has 0 spiro atoms. The molecule has 1 aromatic heterocycles. The van der Waals surface area contributed by atoms with Crippen molar-refractivity contribution in [3.63, 3.8) is 0 Å². The zero-order chi connectivity index (χ0) is 15.5. The quantitative estimate of drug-likeness (QED) is 0.837. The number of thiophene rings is 1. The van der Waals surface area contributed by atoms with Crippen molar-refractivity contribution in [2.75, 3.05) is 19.7 Å². The summed E-state index contributed by atoms with van der Waals surface area (Å²) in [5, 5.41) is 11.1. The minimum Gasteiger partial charge on any atom is -0.396 e. The van der Waals surface area contributed by atoms with Gasteiger partial charge in [-0.25, -0.2) is 0 Å². The molecule has 1 atom stereocenters. The van der Waals surface area contributed by atoms with Crippen molar-refractivity contribution in [2.24, 2.45) is 11.8 Å². The predicted octanol–water partition coefficient (Wildman–Crippen LogP) is 1.98. The molecular formula is C14H24N2O3S2. The van der Waals surface area contributed by atoms with E-state index < -0.39 is 10.2 Å². The predicted molar refractivity (Wildman–Crippen MR) is 85.3 cm³/mol. The summed E-state index contributed by atoms with van der Waals surface area (Å²) in [6.45, 7) is 5.15. The van der Waals surface area contributed by atoms with E-state index in [2.05, 4.69) is 4.72 Å². The number of aliphatic hydroxyl groups excluding tert-OH is 1. The van der Waals surface area contributed by atoms with Crippen molar-refractivity contribution in [3.8, 4) is 0 Å². The van der Waals surface area contributed by atoms with E-state index >= 15 is 0 Å². The van der Waals surface area contributed by atoms with Crippen LogP contribution in [-0.2, 0) is 10.2 Å². The Hall–Kier alpha value is -0.470. The Morgan fingerprint density at radius 3 is 2.57 bits per heavy atom. The molecule has 1 aliphatic heterocycles. The van der Waals surface area contributed by atoms with Crippen LogP contribution < -0.4 is 4.72 Å². The number of rotatable bonds is 6. The Bertz CT molecular complexity index is 520. The van der Waals surface area contributed by atoms with E-state index in [9.17, 15) is 8.42 Å². The van der Waals surface area contributed by atoms with Crippen molar-refractivity contribution < 1.29 is 13.5 Å². The molecule has 5 nitrogen and oxygen atoms in total. The Kier molecular flexibility index (Phi) is 5.79. The van der Waals surface area contributed by atoms with Gasteiger partial charge in [0.05, 0.1) is 6.04 Å². The van der Waals surface area contributed by atoms with Gasteiger partial charge in [0.1, 0.15) is 0 Å². The molecular weight excluding hydrogens is 308 g/mol. The SMILES string of the molecule is CC(C)C(NS(=O)(=O)N1CCC(CO)CC1)c1cccs1. The first-order valence-corrected chi connectivity index (χ1v) is 9.67. The average Bonchev–Trinajstić information content (AvgIpc) is 2.98. The lowest BCUT2D eigenvalue weighted by Gasteiger charge is -2.32. The Balaban J connectivity index is 2.06. The molecule has 1 aliphatic rings. The minimum atomic E-state index is -3.48. The fourth-order valence-corrected chi connectivity index (χ4v) is 5.14. The van der Waals surface area contributed by atoms with Gasteiger partial charge in [-0.05, 0) is 36.1 Å². The molecule has 1 saturated heterocycles. The summed E-state index contributed by atoms with van der Waals surface area (Å²) < 4.78 is 29.4. The first kappa shape index (κ1) is 16.9. The number of hydrogen-bond acceptors (Lipinski definition) is 4. The maximum atomic E-state index is 12.5. The molecule has 2 N–H and O–H groups in total. The molecule has 0 aromatic carbocycles. The zero-order valence-corrected chi connectivity index (χ0v) is 14.2. The van der Waals surface area contributed by atoms with Gasteiger partial charge in [0.2, 0.25) is 0 Å². The van der Waals surface area contributed by atoms with Gasteiger partial charge in [0, 0.05) is 24.6 Å². The largest absolute Gasteiger partial charge is 0.396 e. The van der Waals surface area contributed by atoms with Gasteiger partial charge >= 0.3 is 0 Å². The lowest BCUT2D eigenvalue weighted by Crippen LogP contribution is -2.47. The molecule has 1 aromatic rings. The lowest BCUT2D eigenvalue weighted by molar-refractivity contribution is 0.169. The van der Waals surface area contributed by atoms with Crippen LogP contribution in [0.5, 0.6) is 0 Å². The summed E-state index contributed by atoms with van der Waals surface area (Å²) in [6, 6.07) is 3.72. The van der Waals surface area contributed by atoms with Gasteiger partial charge in [-0.15, -0.1) is 11.3 Å². The van der Waals surface area contributed by atoms with Crippen LogP contribution >= 0.6 is 11.3 Å². The van der Waals surface area contributed by atoms with Crippen molar-refractivity contribution in [1.29, 1.82) is 0 Å². The molecule has 0 radical (unpaired) electrons. The standard InChI is InChI=1S/C14H24N2O3S2/c1-11(2)14(13-4-3-9-20-13)15-21(18,19)16-7-5-12(10-17)6-8-16/h3-4,9,11-12,14-15,17H,5-8,10H2,1-2H3. The van der Waals surface area contributed by atoms with E-state index in [1.54, 1.807) is 11.3 Å². The van der Waals surface area contributed by atoms with Crippen LogP contribution in [0, 0.1) is 11.8 Å². The topological polar surface area (TPSA) is 69.6 Å². The van der Waals surface area contributed by atoms with Gasteiger partial charge < -0.3 is 5.11 Å². The van der Waals surface area contributed by atoms with Gasteiger partial charge in [0.25, 0.3) is 10.2 Å². The van der Waals surface area contributed by atoms with Gasteiger partial charge in [-0.3, -0.25) is 0 Å². The van der Waals surface area contributed by atoms with E-state index in [1.165, 1.54) is 4.31 Å². The van der Waals surface area contributed by atoms with Crippen LogP contribution in [0.1, 0.15) is 37.6 Å². The third-order valence-electron chi connectivity index (χ3n) is 3.96. The average molecular weight is 332 g/mol. The highest BCUT2D eigenvalue weighted by molar-refractivity contribution is 7.87. The summed E-state index contributed by atoms with van der Waals surface area (Å²) in [5.41, 5.74) is 0. The summed E-state index contributed by atoms with van der Waals surface area (Å²) in [4.78, 5) is 1.04. The molecule has 1 unspecified atom stereocenters. The maximum absolute atomic E-state index is 12.5. The molecule has 2 rings (SSSR count). The fraction of sp³-hybridized carbons (Fsp3) is 0.714. The van der Waals surface area contributed by atoms with Gasteiger partial charge in [-0.1, -0.05) is 19.9 Å². The Morgan fingerprint density at radius 1 is 1.43 bits per heavy atom. The van der Waals surface area contributed by atoms with Crippen LogP contribution in [0.4, 0.5) is 0 Å². The number of hydrogen-bond donors (Lipinski definition) is 2. The first-order chi connectivity index (χ1) is 9.94. The van der Waals surface area contributed by atoms with Crippen molar-refractivity contribution >= 4 is 21.5 Å². The molecule has 120 valence electrons. The molecule has 0 amide bonds. The molecule has 0 bridgehead atoms. The van der Waals surface area contributed by atoms with Crippen LogP contribution in [-0.4, -0.2) is 37.5 Å². The first-order valence-electron chi connectivity index (χ1n) is 7.35. The van der Waals surface area contributed by atoms with Crippen LogP contribution in [0.25, 0.3) is 0 Å².